The molecule has 0 saturated heterocycles. The minimum absolute atomic E-state index is 0.726. The maximum absolute atomic E-state index is 6.13. The van der Waals surface area contributed by atoms with Crippen LogP contribution in [0.3, 0.4) is 0 Å². The van der Waals surface area contributed by atoms with Crippen LogP contribution in [-0.2, 0) is 5.75 Å². The van der Waals surface area contributed by atoms with Gasteiger partial charge in [0.1, 0.15) is 0 Å². The highest BCUT2D eigenvalue weighted by Gasteiger charge is 2.06. The van der Waals surface area contributed by atoms with Gasteiger partial charge < -0.3 is 5.73 Å². The summed E-state index contributed by atoms with van der Waals surface area (Å²) in [5, 5.41) is 0.726. The monoisotopic (exact) mass is 327 g/mol. The van der Waals surface area contributed by atoms with Crippen molar-refractivity contribution in [1.82, 2.24) is 0 Å². The maximum Gasteiger partial charge on any atom is 0.0467 e. The van der Waals surface area contributed by atoms with Crippen LogP contribution in [0.1, 0.15) is 5.56 Å². The summed E-state index contributed by atoms with van der Waals surface area (Å²) in [5.41, 5.74) is 7.66. The van der Waals surface area contributed by atoms with Crippen molar-refractivity contribution in [3.8, 4) is 0 Å². The maximum atomic E-state index is 6.13. The molecule has 0 heterocycles. The van der Waals surface area contributed by atoms with Gasteiger partial charge in [-0.05, 0) is 40.2 Å². The Bertz CT molecular complexity index is 510. The molecule has 0 spiro atoms. The first-order valence-corrected chi connectivity index (χ1v) is 7.24. The van der Waals surface area contributed by atoms with E-state index in [0.717, 1.165) is 26.5 Å². The van der Waals surface area contributed by atoms with Gasteiger partial charge in [0, 0.05) is 31.4 Å². The zero-order valence-corrected chi connectivity index (χ0v) is 12.1. The van der Waals surface area contributed by atoms with Crippen molar-refractivity contribution < 1.29 is 0 Å². The van der Waals surface area contributed by atoms with Gasteiger partial charge in [-0.1, -0.05) is 29.8 Å². The third-order valence-corrected chi connectivity index (χ3v) is 4.77. The molecule has 0 saturated carbocycles. The van der Waals surface area contributed by atoms with Gasteiger partial charge in [-0.3, -0.25) is 0 Å². The molecule has 0 bridgehead atoms. The largest absolute Gasteiger partial charge is 0.398 e. The number of rotatable bonds is 3. The van der Waals surface area contributed by atoms with E-state index in [2.05, 4.69) is 22.0 Å². The molecule has 0 unspecified atom stereocenters. The molecule has 2 aromatic carbocycles. The Labute approximate surface area is 118 Å². The van der Waals surface area contributed by atoms with E-state index in [9.17, 15) is 0 Å². The van der Waals surface area contributed by atoms with E-state index in [1.165, 1.54) is 4.90 Å². The quantitative estimate of drug-likeness (QED) is 0.635. The molecule has 2 rings (SSSR count). The Morgan fingerprint density at radius 3 is 2.59 bits per heavy atom. The van der Waals surface area contributed by atoms with E-state index in [0.29, 0.717) is 0 Å². The van der Waals surface area contributed by atoms with Crippen LogP contribution in [-0.4, -0.2) is 0 Å². The molecule has 88 valence electrons. The number of halogens is 2. The van der Waals surface area contributed by atoms with Crippen molar-refractivity contribution in [3.63, 3.8) is 0 Å². The lowest BCUT2D eigenvalue weighted by atomic mass is 10.2. The topological polar surface area (TPSA) is 26.0 Å². The van der Waals surface area contributed by atoms with Crippen molar-refractivity contribution in [3.05, 3.63) is 57.5 Å². The van der Waals surface area contributed by atoms with Gasteiger partial charge >= 0.3 is 0 Å². The fourth-order valence-corrected chi connectivity index (χ4v) is 3.40. The molecule has 0 atom stereocenters. The number of hydrogen-bond acceptors (Lipinski definition) is 2. The van der Waals surface area contributed by atoms with E-state index in [4.69, 9.17) is 17.3 Å². The number of anilines is 1. The summed E-state index contributed by atoms with van der Waals surface area (Å²) in [4.78, 5) is 1.19. The summed E-state index contributed by atoms with van der Waals surface area (Å²) in [6.45, 7) is 0. The zero-order chi connectivity index (χ0) is 12.3. The summed E-state index contributed by atoms with van der Waals surface area (Å²) >= 11 is 11.4. The third-order valence-electron chi connectivity index (χ3n) is 2.36. The molecule has 17 heavy (non-hydrogen) atoms. The van der Waals surface area contributed by atoms with Crippen molar-refractivity contribution in [1.29, 1.82) is 0 Å². The van der Waals surface area contributed by atoms with Gasteiger partial charge in [0.15, 0.2) is 0 Å². The standard InChI is InChI=1S/C13H11BrClNS/c14-10-4-1-2-7-13(10)17-8-9-11(15)5-3-6-12(9)16/h1-7H,8,16H2. The Balaban J connectivity index is 2.16. The molecule has 0 aliphatic heterocycles. The highest BCUT2D eigenvalue weighted by Crippen LogP contribution is 2.33. The summed E-state index contributed by atoms with van der Waals surface area (Å²) in [7, 11) is 0. The van der Waals surface area contributed by atoms with E-state index in [1.54, 1.807) is 11.8 Å². The number of thioether (sulfide) groups is 1. The van der Waals surface area contributed by atoms with Gasteiger partial charge in [-0.15, -0.1) is 11.8 Å². The highest BCUT2D eigenvalue weighted by molar-refractivity contribution is 9.10. The molecule has 0 aliphatic carbocycles. The first kappa shape index (κ1) is 12.8. The summed E-state index contributed by atoms with van der Waals surface area (Å²) in [6.07, 6.45) is 0. The van der Waals surface area contributed by atoms with Gasteiger partial charge in [0.2, 0.25) is 0 Å². The molecule has 1 nitrogen and oxygen atoms in total. The number of nitrogens with two attached hydrogens (primary N) is 1. The molecule has 0 amide bonds. The van der Waals surface area contributed by atoms with Crippen LogP contribution in [0, 0.1) is 0 Å². The van der Waals surface area contributed by atoms with Gasteiger partial charge in [-0.2, -0.15) is 0 Å². The van der Waals surface area contributed by atoms with Crippen LogP contribution in [0.2, 0.25) is 5.02 Å². The molecule has 0 radical (unpaired) electrons. The molecule has 2 N–H and O–H groups in total. The number of hydrogen-bond donors (Lipinski definition) is 1. The number of benzene rings is 2. The fraction of sp³-hybridized carbons (Fsp3) is 0.0769. The fourth-order valence-electron chi connectivity index (χ4n) is 1.44. The van der Waals surface area contributed by atoms with E-state index in [1.807, 2.05) is 36.4 Å². The predicted octanol–water partition coefficient (Wildman–Crippen LogP) is 4.98. The Morgan fingerprint density at radius 2 is 1.88 bits per heavy atom. The Kier molecular flexibility index (Phi) is 4.37. The average Bonchev–Trinajstić information content (AvgIpc) is 2.30. The van der Waals surface area contributed by atoms with Gasteiger partial charge in [-0.25, -0.2) is 0 Å². The Morgan fingerprint density at radius 1 is 1.12 bits per heavy atom. The molecule has 0 fully saturated rings. The predicted molar refractivity (Wildman–Crippen MR) is 79.6 cm³/mol. The normalized spacial score (nSPS) is 10.5. The molecule has 4 heteroatoms. The second kappa shape index (κ2) is 5.80. The van der Waals surface area contributed by atoms with Crippen molar-refractivity contribution in [2.45, 2.75) is 10.6 Å². The molecule has 0 aliphatic rings. The van der Waals surface area contributed by atoms with E-state index in [-0.39, 0.29) is 0 Å². The van der Waals surface area contributed by atoms with Gasteiger partial charge in [0.05, 0.1) is 0 Å². The minimum Gasteiger partial charge on any atom is -0.398 e. The van der Waals surface area contributed by atoms with Crippen LogP contribution < -0.4 is 5.73 Å². The minimum atomic E-state index is 0.726. The van der Waals surface area contributed by atoms with E-state index < -0.39 is 0 Å². The average molecular weight is 329 g/mol. The smallest absolute Gasteiger partial charge is 0.0467 e. The SMILES string of the molecule is Nc1cccc(Cl)c1CSc1ccccc1Br. The van der Waals surface area contributed by atoms with Crippen molar-refractivity contribution in [2.24, 2.45) is 0 Å². The first-order valence-electron chi connectivity index (χ1n) is 5.08. The molecular formula is C13H11BrClNS. The van der Waals surface area contributed by atoms with Crippen LogP contribution in [0.25, 0.3) is 0 Å². The lowest BCUT2D eigenvalue weighted by Crippen LogP contribution is -1.93. The van der Waals surface area contributed by atoms with Crippen molar-refractivity contribution in [2.75, 3.05) is 5.73 Å². The van der Waals surface area contributed by atoms with Gasteiger partial charge in [0.25, 0.3) is 0 Å². The summed E-state index contributed by atoms with van der Waals surface area (Å²) < 4.78 is 1.09. The lowest BCUT2D eigenvalue weighted by molar-refractivity contribution is 1.36. The molecular weight excluding hydrogens is 318 g/mol. The molecule has 2 aromatic rings. The first-order chi connectivity index (χ1) is 8.18. The summed E-state index contributed by atoms with van der Waals surface area (Å²) in [5.74, 6) is 0.772. The van der Waals surface area contributed by atoms with Crippen LogP contribution in [0.4, 0.5) is 5.69 Å². The van der Waals surface area contributed by atoms with Crippen LogP contribution >= 0.6 is 39.3 Å². The van der Waals surface area contributed by atoms with Crippen molar-refractivity contribution >= 4 is 45.0 Å². The number of nitrogen functional groups attached to an aromatic ring is 1. The second-order valence-corrected chi connectivity index (χ2v) is 5.81. The second-order valence-electron chi connectivity index (χ2n) is 3.53. The lowest BCUT2D eigenvalue weighted by Gasteiger charge is -2.08. The highest BCUT2D eigenvalue weighted by atomic mass is 79.9. The van der Waals surface area contributed by atoms with Crippen LogP contribution in [0.5, 0.6) is 0 Å². The third kappa shape index (κ3) is 3.18. The van der Waals surface area contributed by atoms with E-state index >= 15 is 0 Å². The zero-order valence-electron chi connectivity index (χ0n) is 8.99. The van der Waals surface area contributed by atoms with Crippen LogP contribution in [0.15, 0.2) is 51.8 Å². The molecule has 0 aromatic heterocycles. The Hall–Kier alpha value is -0.640. The summed E-state index contributed by atoms with van der Waals surface area (Å²) in [6, 6.07) is 13.7.